The van der Waals surface area contributed by atoms with Crippen LogP contribution in [-0.4, -0.2) is 17.5 Å². The summed E-state index contributed by atoms with van der Waals surface area (Å²) in [5, 5.41) is 14.1. The van der Waals surface area contributed by atoms with E-state index in [-0.39, 0.29) is 16.7 Å². The molecule has 0 fully saturated rings. The monoisotopic (exact) mass is 246 g/mol. The molecule has 0 radical (unpaired) electrons. The fourth-order valence-electron chi connectivity index (χ4n) is 1.75. The third-order valence-corrected chi connectivity index (χ3v) is 2.79. The minimum Gasteiger partial charge on any atom is -0.303 e. The van der Waals surface area contributed by atoms with E-state index in [1.165, 1.54) is 6.07 Å². The van der Waals surface area contributed by atoms with Gasteiger partial charge in [-0.05, 0) is 12.3 Å². The van der Waals surface area contributed by atoms with Gasteiger partial charge in [-0.15, -0.1) is 6.42 Å². The first-order valence-electron chi connectivity index (χ1n) is 5.98. The van der Waals surface area contributed by atoms with Gasteiger partial charge in [0.15, 0.2) is 0 Å². The van der Waals surface area contributed by atoms with Gasteiger partial charge in [0.25, 0.3) is 5.69 Å². The average molecular weight is 246 g/mol. The molecule has 0 aliphatic heterocycles. The zero-order valence-electron chi connectivity index (χ0n) is 10.7. The van der Waals surface area contributed by atoms with Crippen molar-refractivity contribution >= 4 is 5.69 Å². The molecule has 0 bridgehead atoms. The summed E-state index contributed by atoms with van der Waals surface area (Å²) >= 11 is 0. The lowest BCUT2D eigenvalue weighted by Gasteiger charge is -2.16. The Balaban J connectivity index is 2.59. The van der Waals surface area contributed by atoms with Crippen molar-refractivity contribution in [2.45, 2.75) is 26.3 Å². The van der Waals surface area contributed by atoms with E-state index in [0.717, 1.165) is 5.56 Å². The van der Waals surface area contributed by atoms with Crippen molar-refractivity contribution in [2.75, 3.05) is 6.54 Å². The second kappa shape index (κ2) is 6.77. The molecule has 1 N–H and O–H groups in total. The highest BCUT2D eigenvalue weighted by atomic mass is 16.6. The molecule has 1 rings (SSSR count). The Morgan fingerprint density at radius 3 is 2.67 bits per heavy atom. The highest BCUT2D eigenvalue weighted by molar-refractivity contribution is 5.39. The molecule has 96 valence electrons. The summed E-state index contributed by atoms with van der Waals surface area (Å²) in [5.41, 5.74) is 0.899. The molecule has 0 saturated heterocycles. The molecule has 4 nitrogen and oxygen atoms in total. The quantitative estimate of drug-likeness (QED) is 0.476. The van der Waals surface area contributed by atoms with E-state index in [9.17, 15) is 10.1 Å². The zero-order valence-corrected chi connectivity index (χ0v) is 10.7. The average Bonchev–Trinajstić information content (AvgIpc) is 2.34. The third kappa shape index (κ3) is 3.86. The molecule has 1 aromatic carbocycles. The van der Waals surface area contributed by atoms with E-state index >= 15 is 0 Å². The van der Waals surface area contributed by atoms with Crippen LogP contribution in [0.15, 0.2) is 24.3 Å². The van der Waals surface area contributed by atoms with Gasteiger partial charge in [0.05, 0.1) is 11.0 Å². The first kappa shape index (κ1) is 14.2. The van der Waals surface area contributed by atoms with Gasteiger partial charge in [0, 0.05) is 18.2 Å². The standard InChI is InChI=1S/C14H18N2O2/c1-4-13(11(2)3)15-10-9-12-7-5-6-8-14(12)16(17)18/h1,5-8,11,13,15H,9-10H2,2-3H3. The summed E-state index contributed by atoms with van der Waals surface area (Å²) in [6.45, 7) is 4.73. The fourth-order valence-corrected chi connectivity index (χ4v) is 1.75. The molecule has 18 heavy (non-hydrogen) atoms. The lowest BCUT2D eigenvalue weighted by molar-refractivity contribution is -0.385. The van der Waals surface area contributed by atoms with Crippen LogP contribution in [-0.2, 0) is 6.42 Å². The maximum absolute atomic E-state index is 10.8. The van der Waals surface area contributed by atoms with Crippen molar-refractivity contribution in [1.29, 1.82) is 0 Å². The maximum atomic E-state index is 10.8. The van der Waals surface area contributed by atoms with E-state index in [1.54, 1.807) is 12.1 Å². The van der Waals surface area contributed by atoms with Crippen molar-refractivity contribution in [1.82, 2.24) is 5.32 Å². The number of nitro groups is 1. The van der Waals surface area contributed by atoms with Gasteiger partial charge in [-0.1, -0.05) is 38.0 Å². The number of rotatable bonds is 6. The van der Waals surface area contributed by atoms with Crippen LogP contribution in [0.4, 0.5) is 5.69 Å². The van der Waals surface area contributed by atoms with Gasteiger partial charge in [-0.3, -0.25) is 10.1 Å². The SMILES string of the molecule is C#CC(NCCc1ccccc1[N+](=O)[O-])C(C)C. The lowest BCUT2D eigenvalue weighted by Crippen LogP contribution is -2.33. The fraction of sp³-hybridized carbons (Fsp3) is 0.429. The molecule has 0 aliphatic rings. The molecule has 0 heterocycles. The van der Waals surface area contributed by atoms with Gasteiger partial charge in [0.2, 0.25) is 0 Å². The molecule has 1 aromatic rings. The van der Waals surface area contributed by atoms with Crippen LogP contribution in [0.3, 0.4) is 0 Å². The molecule has 1 unspecified atom stereocenters. The molecule has 0 saturated carbocycles. The topological polar surface area (TPSA) is 55.2 Å². The molecule has 0 aromatic heterocycles. The second-order valence-corrected chi connectivity index (χ2v) is 4.48. The van der Waals surface area contributed by atoms with Crippen LogP contribution < -0.4 is 5.32 Å². The molecule has 0 spiro atoms. The summed E-state index contributed by atoms with van der Waals surface area (Å²) in [6, 6.07) is 6.79. The van der Waals surface area contributed by atoms with E-state index in [1.807, 2.05) is 19.9 Å². The van der Waals surface area contributed by atoms with Gasteiger partial charge in [-0.25, -0.2) is 0 Å². The predicted molar refractivity (Wildman–Crippen MR) is 72.3 cm³/mol. The molecule has 0 aliphatic carbocycles. The normalized spacial score (nSPS) is 12.1. The zero-order chi connectivity index (χ0) is 13.5. The van der Waals surface area contributed by atoms with Gasteiger partial charge in [0.1, 0.15) is 0 Å². The van der Waals surface area contributed by atoms with Crippen molar-refractivity contribution in [3.05, 3.63) is 39.9 Å². The van der Waals surface area contributed by atoms with Crippen LogP contribution in [0.2, 0.25) is 0 Å². The first-order chi connectivity index (χ1) is 8.56. The molecule has 0 amide bonds. The Morgan fingerprint density at radius 1 is 1.44 bits per heavy atom. The van der Waals surface area contributed by atoms with E-state index in [2.05, 4.69) is 11.2 Å². The number of terminal acetylenes is 1. The minimum absolute atomic E-state index is 0.00719. The Bertz CT molecular complexity index is 449. The molecule has 1 atom stereocenters. The number of nitrogens with zero attached hydrogens (tertiary/aromatic N) is 1. The van der Waals surface area contributed by atoms with Gasteiger partial charge >= 0.3 is 0 Å². The summed E-state index contributed by atoms with van der Waals surface area (Å²) in [5.74, 6) is 3.03. The Morgan fingerprint density at radius 2 is 2.11 bits per heavy atom. The van der Waals surface area contributed by atoms with Crippen LogP contribution >= 0.6 is 0 Å². The van der Waals surface area contributed by atoms with Crippen LogP contribution in [0.25, 0.3) is 0 Å². The molecular weight excluding hydrogens is 228 g/mol. The summed E-state index contributed by atoms with van der Waals surface area (Å²) in [7, 11) is 0. The van der Waals surface area contributed by atoms with Crippen LogP contribution in [0.5, 0.6) is 0 Å². The number of benzene rings is 1. The maximum Gasteiger partial charge on any atom is 0.272 e. The number of para-hydroxylation sites is 1. The van der Waals surface area contributed by atoms with E-state index in [0.29, 0.717) is 18.9 Å². The number of hydrogen-bond acceptors (Lipinski definition) is 3. The largest absolute Gasteiger partial charge is 0.303 e. The lowest BCUT2D eigenvalue weighted by atomic mass is 10.0. The highest BCUT2D eigenvalue weighted by Crippen LogP contribution is 2.17. The van der Waals surface area contributed by atoms with Crippen LogP contribution in [0, 0.1) is 28.4 Å². The Hall–Kier alpha value is -1.86. The summed E-state index contributed by atoms with van der Waals surface area (Å²) in [6.07, 6.45) is 6.01. The summed E-state index contributed by atoms with van der Waals surface area (Å²) < 4.78 is 0. The van der Waals surface area contributed by atoms with Crippen molar-refractivity contribution < 1.29 is 4.92 Å². The van der Waals surface area contributed by atoms with E-state index in [4.69, 9.17) is 6.42 Å². The molecular formula is C14H18N2O2. The van der Waals surface area contributed by atoms with Gasteiger partial charge < -0.3 is 5.32 Å². The van der Waals surface area contributed by atoms with Crippen molar-refractivity contribution in [3.8, 4) is 12.3 Å². The van der Waals surface area contributed by atoms with Gasteiger partial charge in [-0.2, -0.15) is 0 Å². The van der Waals surface area contributed by atoms with Crippen LogP contribution in [0.1, 0.15) is 19.4 Å². The summed E-state index contributed by atoms with van der Waals surface area (Å²) in [4.78, 5) is 10.5. The van der Waals surface area contributed by atoms with Crippen molar-refractivity contribution in [2.24, 2.45) is 5.92 Å². The number of hydrogen-bond donors (Lipinski definition) is 1. The third-order valence-electron chi connectivity index (χ3n) is 2.79. The molecule has 4 heteroatoms. The van der Waals surface area contributed by atoms with E-state index < -0.39 is 0 Å². The number of nitro benzene ring substituents is 1. The Labute approximate surface area is 108 Å². The minimum atomic E-state index is -0.351. The highest BCUT2D eigenvalue weighted by Gasteiger charge is 2.13. The smallest absolute Gasteiger partial charge is 0.272 e. The number of nitrogens with one attached hydrogen (secondary N) is 1. The Kier molecular flexibility index (Phi) is 5.34. The predicted octanol–water partition coefficient (Wildman–Crippen LogP) is 2.38. The first-order valence-corrected chi connectivity index (χ1v) is 5.98. The second-order valence-electron chi connectivity index (χ2n) is 4.48. The van der Waals surface area contributed by atoms with Crippen molar-refractivity contribution in [3.63, 3.8) is 0 Å².